The van der Waals surface area contributed by atoms with Gasteiger partial charge in [-0.15, -0.1) is 0 Å². The predicted octanol–water partition coefficient (Wildman–Crippen LogP) is 1.21. The molecule has 6 nitrogen and oxygen atoms in total. The molecule has 118 valence electrons. The van der Waals surface area contributed by atoms with E-state index in [4.69, 9.17) is 15.2 Å². The second-order valence-corrected chi connectivity index (χ2v) is 7.05. The van der Waals surface area contributed by atoms with Crippen LogP contribution >= 0.6 is 0 Å². The third kappa shape index (κ3) is 3.48. The zero-order valence-corrected chi connectivity index (χ0v) is 13.2. The quantitative estimate of drug-likeness (QED) is 0.853. The third-order valence-electron chi connectivity index (χ3n) is 3.28. The predicted molar refractivity (Wildman–Crippen MR) is 80.1 cm³/mol. The van der Waals surface area contributed by atoms with Gasteiger partial charge in [-0.3, -0.25) is 0 Å². The summed E-state index contributed by atoms with van der Waals surface area (Å²) in [6.07, 6.45) is 0.627. The van der Waals surface area contributed by atoms with Gasteiger partial charge in [0.1, 0.15) is 13.2 Å². The summed E-state index contributed by atoms with van der Waals surface area (Å²) >= 11 is 0. The molecule has 0 saturated carbocycles. The minimum atomic E-state index is -3.56. The van der Waals surface area contributed by atoms with E-state index in [-0.39, 0.29) is 10.9 Å². The zero-order chi connectivity index (χ0) is 15.5. The number of rotatable bonds is 6. The summed E-state index contributed by atoms with van der Waals surface area (Å²) in [5.74, 6) is 1.06. The molecule has 7 heteroatoms. The Kier molecular flexibility index (Phi) is 5.08. The second kappa shape index (κ2) is 6.64. The molecule has 1 aliphatic rings. The highest BCUT2D eigenvalue weighted by molar-refractivity contribution is 7.89. The number of hydrogen-bond donors (Lipinski definition) is 1. The van der Waals surface area contributed by atoms with E-state index in [2.05, 4.69) is 0 Å². The van der Waals surface area contributed by atoms with E-state index in [1.165, 1.54) is 10.4 Å². The van der Waals surface area contributed by atoms with Gasteiger partial charge in [0.25, 0.3) is 0 Å². The van der Waals surface area contributed by atoms with E-state index in [9.17, 15) is 8.42 Å². The van der Waals surface area contributed by atoms with Crippen molar-refractivity contribution in [1.82, 2.24) is 4.31 Å². The molecule has 0 saturated heterocycles. The lowest BCUT2D eigenvalue weighted by molar-refractivity contribution is 0.171. The summed E-state index contributed by atoms with van der Waals surface area (Å²) in [5, 5.41) is 0. The standard InChI is InChI=1S/C14H22N2O4S/c1-11(2)16(7-3-6-15)21(17,18)12-4-5-13-14(10-12)20-9-8-19-13/h4-5,10-11H,3,6-9,15H2,1-2H3. The van der Waals surface area contributed by atoms with Crippen LogP contribution in [-0.2, 0) is 10.0 Å². The highest BCUT2D eigenvalue weighted by Gasteiger charge is 2.28. The van der Waals surface area contributed by atoms with Gasteiger partial charge in [0.2, 0.25) is 10.0 Å². The molecule has 1 heterocycles. The van der Waals surface area contributed by atoms with Crippen LogP contribution in [0, 0.1) is 0 Å². The number of benzene rings is 1. The fourth-order valence-electron chi connectivity index (χ4n) is 2.22. The molecule has 0 fully saturated rings. The first-order valence-electron chi connectivity index (χ1n) is 7.08. The van der Waals surface area contributed by atoms with Gasteiger partial charge in [-0.2, -0.15) is 4.31 Å². The molecule has 0 unspecified atom stereocenters. The molecule has 0 amide bonds. The smallest absolute Gasteiger partial charge is 0.243 e. The number of nitrogens with zero attached hydrogens (tertiary/aromatic N) is 1. The maximum absolute atomic E-state index is 12.8. The number of ether oxygens (including phenoxy) is 2. The lowest BCUT2D eigenvalue weighted by atomic mass is 10.3. The lowest BCUT2D eigenvalue weighted by Gasteiger charge is -2.26. The Labute approximate surface area is 125 Å². The molecule has 2 rings (SSSR count). The van der Waals surface area contributed by atoms with Crippen molar-refractivity contribution in [1.29, 1.82) is 0 Å². The third-order valence-corrected chi connectivity index (χ3v) is 5.35. The van der Waals surface area contributed by atoms with Crippen LogP contribution in [0.1, 0.15) is 20.3 Å². The number of hydrogen-bond acceptors (Lipinski definition) is 5. The summed E-state index contributed by atoms with van der Waals surface area (Å²) in [6.45, 7) is 5.48. The van der Waals surface area contributed by atoms with Crippen molar-refractivity contribution in [2.45, 2.75) is 31.2 Å². The molecule has 0 radical (unpaired) electrons. The molecule has 21 heavy (non-hydrogen) atoms. The van der Waals surface area contributed by atoms with Crippen LogP contribution in [0.4, 0.5) is 0 Å². The van der Waals surface area contributed by atoms with Crippen molar-refractivity contribution >= 4 is 10.0 Å². The van der Waals surface area contributed by atoms with Crippen LogP contribution in [0.3, 0.4) is 0 Å². The largest absolute Gasteiger partial charge is 0.486 e. The number of nitrogens with two attached hydrogens (primary N) is 1. The van der Waals surface area contributed by atoms with E-state index in [1.54, 1.807) is 12.1 Å². The summed E-state index contributed by atoms with van der Waals surface area (Å²) in [5.41, 5.74) is 5.49. The summed E-state index contributed by atoms with van der Waals surface area (Å²) in [6, 6.07) is 4.60. The fourth-order valence-corrected chi connectivity index (χ4v) is 3.91. The number of fused-ring (bicyclic) bond motifs is 1. The molecule has 0 atom stereocenters. The van der Waals surface area contributed by atoms with Crippen molar-refractivity contribution in [3.63, 3.8) is 0 Å². The Balaban J connectivity index is 2.33. The van der Waals surface area contributed by atoms with Gasteiger partial charge in [0.05, 0.1) is 4.90 Å². The minimum absolute atomic E-state index is 0.130. The minimum Gasteiger partial charge on any atom is -0.486 e. The molecule has 1 aromatic carbocycles. The Morgan fingerprint density at radius 2 is 1.90 bits per heavy atom. The maximum atomic E-state index is 12.8. The van der Waals surface area contributed by atoms with Gasteiger partial charge in [-0.25, -0.2) is 8.42 Å². The van der Waals surface area contributed by atoms with Gasteiger partial charge in [0, 0.05) is 18.7 Å². The molecule has 1 aromatic rings. The number of sulfonamides is 1. The normalized spacial score (nSPS) is 14.7. The van der Waals surface area contributed by atoms with Crippen molar-refractivity contribution in [3.05, 3.63) is 18.2 Å². The lowest BCUT2D eigenvalue weighted by Crippen LogP contribution is -2.38. The van der Waals surface area contributed by atoms with Crippen molar-refractivity contribution < 1.29 is 17.9 Å². The second-order valence-electron chi connectivity index (χ2n) is 5.16. The van der Waals surface area contributed by atoms with Gasteiger partial charge < -0.3 is 15.2 Å². The van der Waals surface area contributed by atoms with Crippen molar-refractivity contribution in [2.75, 3.05) is 26.3 Å². The first-order chi connectivity index (χ1) is 9.96. The van der Waals surface area contributed by atoms with Gasteiger partial charge in [-0.05, 0) is 38.9 Å². The first-order valence-corrected chi connectivity index (χ1v) is 8.52. The van der Waals surface area contributed by atoms with Crippen LogP contribution in [-0.4, -0.2) is 45.1 Å². The van der Waals surface area contributed by atoms with Crippen LogP contribution in [0.25, 0.3) is 0 Å². The molecular weight excluding hydrogens is 292 g/mol. The Hall–Kier alpha value is -1.31. The Morgan fingerprint density at radius 1 is 1.24 bits per heavy atom. The molecule has 0 bridgehead atoms. The van der Waals surface area contributed by atoms with Gasteiger partial charge in [-0.1, -0.05) is 0 Å². The van der Waals surface area contributed by atoms with Crippen LogP contribution in [0.15, 0.2) is 23.1 Å². The highest BCUT2D eigenvalue weighted by Crippen LogP contribution is 2.33. The zero-order valence-electron chi connectivity index (χ0n) is 12.4. The van der Waals surface area contributed by atoms with E-state index in [1.807, 2.05) is 13.8 Å². The summed E-state index contributed by atoms with van der Waals surface area (Å²) in [4.78, 5) is 0.220. The van der Waals surface area contributed by atoms with Crippen molar-refractivity contribution in [3.8, 4) is 11.5 Å². The van der Waals surface area contributed by atoms with Crippen LogP contribution < -0.4 is 15.2 Å². The molecule has 1 aliphatic heterocycles. The molecule has 0 aliphatic carbocycles. The maximum Gasteiger partial charge on any atom is 0.243 e. The van der Waals surface area contributed by atoms with Crippen molar-refractivity contribution in [2.24, 2.45) is 5.73 Å². The van der Waals surface area contributed by atoms with Gasteiger partial charge >= 0.3 is 0 Å². The molecule has 0 aromatic heterocycles. The van der Waals surface area contributed by atoms with Crippen LogP contribution in [0.5, 0.6) is 11.5 Å². The summed E-state index contributed by atoms with van der Waals surface area (Å²) in [7, 11) is -3.56. The topological polar surface area (TPSA) is 81.9 Å². The Bertz CT molecular complexity index is 587. The van der Waals surface area contributed by atoms with E-state index < -0.39 is 10.0 Å². The highest BCUT2D eigenvalue weighted by atomic mass is 32.2. The van der Waals surface area contributed by atoms with Crippen LogP contribution in [0.2, 0.25) is 0 Å². The van der Waals surface area contributed by atoms with E-state index >= 15 is 0 Å². The van der Waals surface area contributed by atoms with E-state index in [0.717, 1.165) is 0 Å². The first kappa shape index (κ1) is 16.1. The fraction of sp³-hybridized carbons (Fsp3) is 0.571. The average Bonchev–Trinajstić information content (AvgIpc) is 2.46. The van der Waals surface area contributed by atoms with E-state index in [0.29, 0.717) is 44.2 Å². The Morgan fingerprint density at radius 3 is 2.52 bits per heavy atom. The average molecular weight is 314 g/mol. The SMILES string of the molecule is CC(C)N(CCCN)S(=O)(=O)c1ccc2c(c1)OCCO2. The van der Waals surface area contributed by atoms with Gasteiger partial charge in [0.15, 0.2) is 11.5 Å². The molecule has 0 spiro atoms. The monoisotopic (exact) mass is 314 g/mol. The molecular formula is C14H22N2O4S. The summed E-state index contributed by atoms with van der Waals surface area (Å²) < 4.78 is 37.8. The molecule has 2 N–H and O–H groups in total.